The number of guanidine groups is 1. The van der Waals surface area contributed by atoms with Crippen LogP contribution < -0.4 is 11.1 Å². The molecule has 0 aliphatic heterocycles. The SMILES string of the molecule is CN=C(N)NC[C@]1(C)[C@@H]2CC3=C(C(=O)O)[C@@H](O)C[C@]31[C@@H](C)C[C@@H]2Cc1ccccc1. The lowest BCUT2D eigenvalue weighted by atomic mass is 9.49. The van der Waals surface area contributed by atoms with Gasteiger partial charge in [0.2, 0.25) is 0 Å². The Hall–Kier alpha value is -2.34. The van der Waals surface area contributed by atoms with Crippen molar-refractivity contribution in [3.05, 3.63) is 47.0 Å². The second-order valence-corrected chi connectivity index (χ2v) is 9.67. The normalized spacial score (nSPS) is 37.9. The van der Waals surface area contributed by atoms with Crippen LogP contribution in [-0.4, -0.2) is 41.8 Å². The minimum absolute atomic E-state index is 0.215. The standard InChI is InChI=1S/C24H33N3O3/c1-14-9-16(10-15-7-5-4-6-8-15)17-11-18-20(21(29)30)19(28)12-24(14,18)23(17,2)13-27-22(25)26-3/h4-8,14,16-17,19,28H,9-13H2,1-3H3,(H,29,30)(H3,25,26,27)/t14-,16+,17+,19-,23+,24-/m0/s1. The molecule has 3 aliphatic rings. The topological polar surface area (TPSA) is 108 Å². The summed E-state index contributed by atoms with van der Waals surface area (Å²) in [5, 5.41) is 23.9. The Morgan fingerprint density at radius 3 is 2.67 bits per heavy atom. The molecule has 5 N–H and O–H groups in total. The second kappa shape index (κ2) is 7.41. The molecule has 4 rings (SSSR count). The van der Waals surface area contributed by atoms with Crippen LogP contribution in [0.5, 0.6) is 0 Å². The van der Waals surface area contributed by atoms with Crippen LogP contribution in [-0.2, 0) is 11.2 Å². The Morgan fingerprint density at radius 2 is 2.03 bits per heavy atom. The number of aliphatic hydroxyl groups excluding tert-OH is 1. The van der Waals surface area contributed by atoms with Gasteiger partial charge in [-0.1, -0.05) is 44.2 Å². The molecule has 1 aromatic carbocycles. The summed E-state index contributed by atoms with van der Waals surface area (Å²) in [6, 6.07) is 10.5. The van der Waals surface area contributed by atoms with Gasteiger partial charge >= 0.3 is 5.97 Å². The molecular formula is C24H33N3O3. The number of fused-ring (bicyclic) bond motifs is 1. The van der Waals surface area contributed by atoms with Crippen molar-refractivity contribution in [1.82, 2.24) is 5.32 Å². The number of carbonyl (C=O) groups is 1. The summed E-state index contributed by atoms with van der Waals surface area (Å²) < 4.78 is 0. The molecule has 2 bridgehead atoms. The fourth-order valence-corrected chi connectivity index (χ4v) is 7.24. The molecule has 0 saturated heterocycles. The van der Waals surface area contributed by atoms with Gasteiger partial charge in [0.1, 0.15) is 0 Å². The lowest BCUT2D eigenvalue weighted by molar-refractivity contribution is -0.133. The van der Waals surface area contributed by atoms with Gasteiger partial charge in [-0.15, -0.1) is 0 Å². The van der Waals surface area contributed by atoms with Crippen LogP contribution in [0.2, 0.25) is 0 Å². The van der Waals surface area contributed by atoms with Crippen LogP contribution in [0.15, 0.2) is 46.5 Å². The number of hydrogen-bond acceptors (Lipinski definition) is 3. The number of rotatable bonds is 5. The minimum atomic E-state index is -0.973. The minimum Gasteiger partial charge on any atom is -0.478 e. The highest BCUT2D eigenvalue weighted by atomic mass is 16.4. The van der Waals surface area contributed by atoms with Crippen molar-refractivity contribution >= 4 is 11.9 Å². The molecule has 0 amide bonds. The lowest BCUT2D eigenvalue weighted by Crippen LogP contribution is -2.56. The lowest BCUT2D eigenvalue weighted by Gasteiger charge is -2.56. The van der Waals surface area contributed by atoms with E-state index in [0.717, 1.165) is 24.8 Å². The molecule has 6 atom stereocenters. The Morgan fingerprint density at radius 1 is 1.33 bits per heavy atom. The number of benzene rings is 1. The maximum Gasteiger partial charge on any atom is 0.334 e. The molecule has 0 heterocycles. The second-order valence-electron chi connectivity index (χ2n) is 9.67. The van der Waals surface area contributed by atoms with E-state index in [1.54, 1.807) is 7.05 Å². The summed E-state index contributed by atoms with van der Waals surface area (Å²) in [6.45, 7) is 5.14. The summed E-state index contributed by atoms with van der Waals surface area (Å²) >= 11 is 0. The fraction of sp³-hybridized carbons (Fsp3) is 0.583. The van der Waals surface area contributed by atoms with E-state index >= 15 is 0 Å². The highest BCUT2D eigenvalue weighted by Crippen LogP contribution is 2.74. The van der Waals surface area contributed by atoms with Crippen molar-refractivity contribution in [2.45, 2.75) is 45.6 Å². The molecule has 0 radical (unpaired) electrons. The number of carboxylic acids is 1. The van der Waals surface area contributed by atoms with Crippen LogP contribution in [0.4, 0.5) is 0 Å². The third-order valence-corrected chi connectivity index (χ3v) is 8.49. The average molecular weight is 412 g/mol. The first-order valence-corrected chi connectivity index (χ1v) is 10.9. The van der Waals surface area contributed by atoms with Gasteiger partial charge in [0, 0.05) is 19.0 Å². The van der Waals surface area contributed by atoms with Crippen molar-refractivity contribution < 1.29 is 15.0 Å². The van der Waals surface area contributed by atoms with Gasteiger partial charge in [-0.05, 0) is 60.0 Å². The molecule has 162 valence electrons. The van der Waals surface area contributed by atoms with Crippen LogP contribution in [0.3, 0.4) is 0 Å². The number of carboxylic acid groups (broad SMARTS) is 1. The van der Waals surface area contributed by atoms with Crippen LogP contribution in [0, 0.1) is 28.6 Å². The number of aliphatic hydroxyl groups is 1. The summed E-state index contributed by atoms with van der Waals surface area (Å²) in [5.74, 6) is 0.469. The number of nitrogens with two attached hydrogens (primary N) is 1. The van der Waals surface area contributed by atoms with Crippen molar-refractivity contribution in [2.24, 2.45) is 39.3 Å². The van der Waals surface area contributed by atoms with Crippen molar-refractivity contribution in [3.63, 3.8) is 0 Å². The predicted molar refractivity (Wildman–Crippen MR) is 117 cm³/mol. The Labute approximate surface area is 178 Å². The highest BCUT2D eigenvalue weighted by molar-refractivity contribution is 5.90. The van der Waals surface area contributed by atoms with Gasteiger partial charge in [0.25, 0.3) is 0 Å². The molecule has 0 unspecified atom stereocenters. The van der Waals surface area contributed by atoms with E-state index in [0.29, 0.717) is 30.8 Å². The molecule has 3 aliphatic carbocycles. The first kappa shape index (κ1) is 20.9. The molecule has 2 saturated carbocycles. The van der Waals surface area contributed by atoms with Gasteiger partial charge in [-0.3, -0.25) is 4.99 Å². The first-order valence-electron chi connectivity index (χ1n) is 10.9. The van der Waals surface area contributed by atoms with E-state index in [-0.39, 0.29) is 22.3 Å². The van der Waals surface area contributed by atoms with Gasteiger partial charge < -0.3 is 21.3 Å². The van der Waals surface area contributed by atoms with Crippen molar-refractivity contribution in [3.8, 4) is 0 Å². The summed E-state index contributed by atoms with van der Waals surface area (Å²) in [5.41, 5.74) is 7.98. The number of hydrogen-bond donors (Lipinski definition) is 4. The molecule has 6 heteroatoms. The number of nitrogens with zero attached hydrogens (tertiary/aromatic N) is 1. The zero-order chi connectivity index (χ0) is 21.7. The average Bonchev–Trinajstić information content (AvgIpc) is 3.10. The molecule has 0 aromatic heterocycles. The van der Waals surface area contributed by atoms with Crippen LogP contribution in [0.25, 0.3) is 0 Å². The smallest absolute Gasteiger partial charge is 0.334 e. The molecule has 1 aromatic rings. The maximum absolute atomic E-state index is 12.1. The van der Waals surface area contributed by atoms with E-state index in [1.807, 2.05) is 6.07 Å². The van der Waals surface area contributed by atoms with Crippen LogP contribution >= 0.6 is 0 Å². The molecule has 2 fully saturated rings. The highest BCUT2D eigenvalue weighted by Gasteiger charge is 2.70. The van der Waals surface area contributed by atoms with Gasteiger partial charge in [-0.2, -0.15) is 0 Å². The number of nitrogens with one attached hydrogen (secondary N) is 1. The molecule has 1 spiro atoms. The Balaban J connectivity index is 1.79. The fourth-order valence-electron chi connectivity index (χ4n) is 7.24. The number of allylic oxidation sites excluding steroid dienone is 1. The quantitative estimate of drug-likeness (QED) is 0.440. The van der Waals surface area contributed by atoms with Gasteiger partial charge in [-0.25, -0.2) is 4.79 Å². The molecule has 30 heavy (non-hydrogen) atoms. The third-order valence-electron chi connectivity index (χ3n) is 8.49. The summed E-state index contributed by atoms with van der Waals surface area (Å²) in [4.78, 5) is 16.1. The van der Waals surface area contributed by atoms with E-state index in [2.05, 4.69) is 48.4 Å². The zero-order valence-corrected chi connectivity index (χ0v) is 18.1. The predicted octanol–water partition coefficient (Wildman–Crippen LogP) is 2.58. The van der Waals surface area contributed by atoms with E-state index in [4.69, 9.17) is 5.73 Å². The Bertz CT molecular complexity index is 896. The molecule has 6 nitrogen and oxygen atoms in total. The van der Waals surface area contributed by atoms with Gasteiger partial charge in [0.15, 0.2) is 5.96 Å². The first-order chi connectivity index (χ1) is 14.2. The van der Waals surface area contributed by atoms with E-state index in [9.17, 15) is 15.0 Å². The summed E-state index contributed by atoms with van der Waals surface area (Å²) in [6.07, 6.45) is 2.35. The number of aliphatic carboxylic acids is 1. The third kappa shape index (κ3) is 2.88. The van der Waals surface area contributed by atoms with E-state index in [1.165, 1.54) is 5.56 Å². The van der Waals surface area contributed by atoms with Crippen molar-refractivity contribution in [2.75, 3.05) is 13.6 Å². The van der Waals surface area contributed by atoms with Gasteiger partial charge in [0.05, 0.1) is 11.7 Å². The van der Waals surface area contributed by atoms with Crippen molar-refractivity contribution in [1.29, 1.82) is 0 Å². The van der Waals surface area contributed by atoms with Crippen LogP contribution in [0.1, 0.15) is 38.7 Å². The van der Waals surface area contributed by atoms with E-state index < -0.39 is 12.1 Å². The molecular weight excluding hydrogens is 378 g/mol. The summed E-state index contributed by atoms with van der Waals surface area (Å²) in [7, 11) is 1.66. The Kier molecular flexibility index (Phi) is 5.17. The largest absolute Gasteiger partial charge is 0.478 e. The maximum atomic E-state index is 12.1. The zero-order valence-electron chi connectivity index (χ0n) is 18.1. The monoisotopic (exact) mass is 411 g/mol. The number of aliphatic imine (C=N–C) groups is 1.